The molecule has 82 valence electrons. The van der Waals surface area contributed by atoms with Crippen LogP contribution in [0.5, 0.6) is 5.88 Å². The fraction of sp³-hybridized carbons (Fsp3) is 0.455. The second kappa shape index (κ2) is 5.34. The number of carboxylic acids is 1. The highest BCUT2D eigenvalue weighted by Gasteiger charge is 2.04. The number of pyridine rings is 1. The number of carboxylic acid groups (broad SMARTS) is 1. The third kappa shape index (κ3) is 3.97. The smallest absolute Gasteiger partial charge is 0.335 e. The van der Waals surface area contributed by atoms with Crippen molar-refractivity contribution < 1.29 is 14.6 Å². The Morgan fingerprint density at radius 2 is 2.33 bits per heavy atom. The van der Waals surface area contributed by atoms with Crippen molar-refractivity contribution in [3.8, 4) is 5.88 Å². The van der Waals surface area contributed by atoms with Gasteiger partial charge in [0.2, 0.25) is 5.88 Å². The summed E-state index contributed by atoms with van der Waals surface area (Å²) in [5, 5.41) is 8.74. The first-order valence-electron chi connectivity index (χ1n) is 4.91. The third-order valence-corrected chi connectivity index (χ3v) is 1.93. The first-order chi connectivity index (χ1) is 7.09. The van der Waals surface area contributed by atoms with Gasteiger partial charge in [0.05, 0.1) is 12.2 Å². The summed E-state index contributed by atoms with van der Waals surface area (Å²) in [6.07, 6.45) is 2.37. The van der Waals surface area contributed by atoms with Gasteiger partial charge in [-0.25, -0.2) is 9.78 Å². The van der Waals surface area contributed by atoms with E-state index in [4.69, 9.17) is 9.84 Å². The van der Waals surface area contributed by atoms with Gasteiger partial charge in [0.25, 0.3) is 0 Å². The summed E-state index contributed by atoms with van der Waals surface area (Å²) in [4.78, 5) is 14.6. The Morgan fingerprint density at radius 1 is 1.60 bits per heavy atom. The lowest BCUT2D eigenvalue weighted by atomic mass is 10.1. The number of hydrogen-bond donors (Lipinski definition) is 1. The molecule has 1 aromatic heterocycles. The van der Waals surface area contributed by atoms with E-state index in [-0.39, 0.29) is 5.56 Å². The minimum Gasteiger partial charge on any atom is -0.478 e. The van der Waals surface area contributed by atoms with Crippen molar-refractivity contribution in [2.75, 3.05) is 6.61 Å². The zero-order chi connectivity index (χ0) is 11.3. The molecule has 1 heterocycles. The Kier molecular flexibility index (Phi) is 4.09. The summed E-state index contributed by atoms with van der Waals surface area (Å²) in [5.41, 5.74) is 0.199. The number of aromatic nitrogens is 1. The number of ether oxygens (including phenoxy) is 1. The Morgan fingerprint density at radius 3 is 2.93 bits per heavy atom. The summed E-state index contributed by atoms with van der Waals surface area (Å²) in [6.45, 7) is 4.77. The van der Waals surface area contributed by atoms with Gasteiger partial charge in [-0.1, -0.05) is 13.8 Å². The van der Waals surface area contributed by atoms with Crippen LogP contribution in [0.1, 0.15) is 30.6 Å². The van der Waals surface area contributed by atoms with Gasteiger partial charge in [0.1, 0.15) is 0 Å². The SMILES string of the molecule is CC(C)CCOc1cc(C(=O)O)ccn1. The second-order valence-corrected chi connectivity index (χ2v) is 3.72. The van der Waals surface area contributed by atoms with Gasteiger partial charge in [-0.05, 0) is 18.4 Å². The number of carbonyl (C=O) groups is 1. The normalized spacial score (nSPS) is 10.3. The molecule has 0 unspecified atom stereocenters. The highest BCUT2D eigenvalue weighted by Crippen LogP contribution is 2.10. The van der Waals surface area contributed by atoms with Crippen LogP contribution in [0.25, 0.3) is 0 Å². The molecule has 0 aliphatic carbocycles. The molecule has 1 rings (SSSR count). The molecule has 1 N–H and O–H groups in total. The Labute approximate surface area is 88.9 Å². The molecule has 4 heteroatoms. The molecule has 0 amide bonds. The predicted octanol–water partition coefficient (Wildman–Crippen LogP) is 2.20. The molecule has 0 fully saturated rings. The maximum Gasteiger partial charge on any atom is 0.335 e. The molecular formula is C11H15NO3. The van der Waals surface area contributed by atoms with Gasteiger partial charge >= 0.3 is 5.97 Å². The van der Waals surface area contributed by atoms with Gasteiger partial charge in [0.15, 0.2) is 0 Å². The summed E-state index contributed by atoms with van der Waals surface area (Å²) in [6, 6.07) is 2.88. The number of aromatic carboxylic acids is 1. The van der Waals surface area contributed by atoms with E-state index in [2.05, 4.69) is 18.8 Å². The van der Waals surface area contributed by atoms with Gasteiger partial charge in [0, 0.05) is 12.3 Å². The molecule has 0 aliphatic rings. The van der Waals surface area contributed by atoms with Gasteiger partial charge < -0.3 is 9.84 Å². The van der Waals surface area contributed by atoms with E-state index in [1.165, 1.54) is 18.3 Å². The van der Waals surface area contributed by atoms with E-state index in [0.717, 1.165) is 6.42 Å². The summed E-state index contributed by atoms with van der Waals surface area (Å²) in [7, 11) is 0. The topological polar surface area (TPSA) is 59.4 Å². The first kappa shape index (κ1) is 11.5. The average molecular weight is 209 g/mol. The molecule has 0 spiro atoms. The monoisotopic (exact) mass is 209 g/mol. The van der Waals surface area contributed by atoms with Crippen molar-refractivity contribution in [2.45, 2.75) is 20.3 Å². The molecule has 0 saturated carbocycles. The van der Waals surface area contributed by atoms with Gasteiger partial charge in [-0.2, -0.15) is 0 Å². The van der Waals surface area contributed by atoms with Crippen molar-refractivity contribution >= 4 is 5.97 Å². The fourth-order valence-corrected chi connectivity index (χ4v) is 1.02. The molecule has 0 radical (unpaired) electrons. The Balaban J connectivity index is 2.54. The fourth-order valence-electron chi connectivity index (χ4n) is 1.02. The molecular weight excluding hydrogens is 194 g/mol. The highest BCUT2D eigenvalue weighted by atomic mass is 16.5. The van der Waals surface area contributed by atoms with E-state index >= 15 is 0 Å². The molecule has 0 bridgehead atoms. The van der Waals surface area contributed by atoms with Gasteiger partial charge in [-0.15, -0.1) is 0 Å². The summed E-state index contributed by atoms with van der Waals surface area (Å²) < 4.78 is 5.33. The van der Waals surface area contributed by atoms with Crippen LogP contribution in [0, 0.1) is 5.92 Å². The van der Waals surface area contributed by atoms with Crippen molar-refractivity contribution in [3.63, 3.8) is 0 Å². The first-order valence-corrected chi connectivity index (χ1v) is 4.91. The number of hydrogen-bond acceptors (Lipinski definition) is 3. The van der Waals surface area contributed by atoms with E-state index < -0.39 is 5.97 Å². The highest BCUT2D eigenvalue weighted by molar-refractivity contribution is 5.87. The van der Waals surface area contributed by atoms with Crippen LogP contribution in [0.3, 0.4) is 0 Å². The van der Waals surface area contributed by atoms with Crippen LogP contribution in [0.4, 0.5) is 0 Å². The molecule has 0 aliphatic heterocycles. The standard InChI is InChI=1S/C11H15NO3/c1-8(2)4-6-15-10-7-9(11(13)14)3-5-12-10/h3,5,7-8H,4,6H2,1-2H3,(H,13,14). The van der Waals surface area contributed by atoms with E-state index in [1.807, 2.05) is 0 Å². The molecule has 0 atom stereocenters. The van der Waals surface area contributed by atoms with Crippen molar-refractivity contribution in [1.82, 2.24) is 4.98 Å². The third-order valence-electron chi connectivity index (χ3n) is 1.93. The van der Waals surface area contributed by atoms with Crippen molar-refractivity contribution in [2.24, 2.45) is 5.92 Å². The average Bonchev–Trinajstić information content (AvgIpc) is 2.17. The molecule has 15 heavy (non-hydrogen) atoms. The summed E-state index contributed by atoms with van der Waals surface area (Å²) >= 11 is 0. The lowest BCUT2D eigenvalue weighted by molar-refractivity contribution is 0.0696. The number of nitrogens with zero attached hydrogens (tertiary/aromatic N) is 1. The second-order valence-electron chi connectivity index (χ2n) is 3.72. The van der Waals surface area contributed by atoms with Crippen LogP contribution < -0.4 is 4.74 Å². The molecule has 4 nitrogen and oxygen atoms in total. The maximum atomic E-state index is 10.7. The van der Waals surface area contributed by atoms with Crippen LogP contribution in [-0.2, 0) is 0 Å². The minimum absolute atomic E-state index is 0.199. The van der Waals surface area contributed by atoms with Crippen LogP contribution in [-0.4, -0.2) is 22.7 Å². The quantitative estimate of drug-likeness (QED) is 0.807. The van der Waals surface area contributed by atoms with Crippen LogP contribution >= 0.6 is 0 Å². The number of rotatable bonds is 5. The molecule has 1 aromatic rings. The molecule has 0 saturated heterocycles. The van der Waals surface area contributed by atoms with E-state index in [0.29, 0.717) is 18.4 Å². The van der Waals surface area contributed by atoms with E-state index in [9.17, 15) is 4.79 Å². The molecule has 0 aromatic carbocycles. The van der Waals surface area contributed by atoms with Crippen molar-refractivity contribution in [3.05, 3.63) is 23.9 Å². The maximum absolute atomic E-state index is 10.7. The van der Waals surface area contributed by atoms with Gasteiger partial charge in [-0.3, -0.25) is 0 Å². The van der Waals surface area contributed by atoms with E-state index in [1.54, 1.807) is 0 Å². The zero-order valence-electron chi connectivity index (χ0n) is 8.93. The minimum atomic E-state index is -0.967. The largest absolute Gasteiger partial charge is 0.478 e. The Hall–Kier alpha value is -1.58. The summed E-state index contributed by atoms with van der Waals surface area (Å²) in [5.74, 6) is -0.0330. The Bertz CT molecular complexity index is 336. The van der Waals surface area contributed by atoms with Crippen molar-refractivity contribution in [1.29, 1.82) is 0 Å². The zero-order valence-corrected chi connectivity index (χ0v) is 8.93. The van der Waals surface area contributed by atoms with Crippen LogP contribution in [0.15, 0.2) is 18.3 Å². The van der Waals surface area contributed by atoms with Crippen LogP contribution in [0.2, 0.25) is 0 Å². The lowest BCUT2D eigenvalue weighted by Gasteiger charge is -2.07. The lowest BCUT2D eigenvalue weighted by Crippen LogP contribution is -2.04. The predicted molar refractivity (Wildman–Crippen MR) is 56.1 cm³/mol.